The molecule has 0 unspecified atom stereocenters. The Kier molecular flexibility index (Phi) is 6.95. The van der Waals surface area contributed by atoms with Gasteiger partial charge in [0.25, 0.3) is 5.91 Å². The molecule has 6 nitrogen and oxygen atoms in total. The summed E-state index contributed by atoms with van der Waals surface area (Å²) in [5.74, 6) is 2.23. The molecular weight excluding hydrogens is 322 g/mol. The Morgan fingerprint density at radius 3 is 2.24 bits per heavy atom. The highest BCUT2D eigenvalue weighted by atomic mass is 16.5. The Hall–Kier alpha value is -2.89. The van der Waals surface area contributed by atoms with E-state index in [0.717, 1.165) is 11.3 Å². The number of nitrogens with one attached hydrogen (secondary N) is 1. The molecule has 0 aliphatic carbocycles. The van der Waals surface area contributed by atoms with Crippen LogP contribution in [0.3, 0.4) is 0 Å². The number of rotatable bonds is 9. The van der Waals surface area contributed by atoms with Crippen LogP contribution in [-0.4, -0.2) is 33.3 Å². The second kappa shape index (κ2) is 9.42. The number of hydrogen-bond acceptors (Lipinski definition) is 5. The van der Waals surface area contributed by atoms with Crippen molar-refractivity contribution in [3.63, 3.8) is 0 Å². The minimum absolute atomic E-state index is 0.104. The highest BCUT2D eigenvalue weighted by Gasteiger charge is 2.08. The van der Waals surface area contributed by atoms with E-state index in [2.05, 4.69) is 5.32 Å². The predicted molar refractivity (Wildman–Crippen MR) is 94.5 cm³/mol. The van der Waals surface area contributed by atoms with Crippen molar-refractivity contribution < 1.29 is 23.7 Å². The van der Waals surface area contributed by atoms with E-state index in [0.29, 0.717) is 30.4 Å². The summed E-state index contributed by atoms with van der Waals surface area (Å²) in [6.45, 7) is 2.77. The van der Waals surface area contributed by atoms with Crippen molar-refractivity contribution in [2.45, 2.75) is 13.5 Å². The lowest BCUT2D eigenvalue weighted by Gasteiger charge is -2.12. The average Bonchev–Trinajstić information content (AvgIpc) is 2.65. The lowest BCUT2D eigenvalue weighted by atomic mass is 10.2. The van der Waals surface area contributed by atoms with E-state index in [-0.39, 0.29) is 12.5 Å². The minimum Gasteiger partial charge on any atom is -0.496 e. The number of benzene rings is 2. The summed E-state index contributed by atoms with van der Waals surface area (Å²) in [4.78, 5) is 12.0. The van der Waals surface area contributed by atoms with Gasteiger partial charge in [-0.15, -0.1) is 0 Å². The molecule has 0 atom stereocenters. The molecule has 0 aromatic heterocycles. The van der Waals surface area contributed by atoms with Gasteiger partial charge in [0.2, 0.25) is 0 Å². The van der Waals surface area contributed by atoms with E-state index in [4.69, 9.17) is 18.9 Å². The molecule has 0 saturated carbocycles. The Balaban J connectivity index is 1.89. The third kappa shape index (κ3) is 5.60. The zero-order valence-electron chi connectivity index (χ0n) is 14.7. The highest BCUT2D eigenvalue weighted by molar-refractivity contribution is 5.77. The Bertz CT molecular complexity index is 680. The summed E-state index contributed by atoms with van der Waals surface area (Å²) in [6, 6.07) is 12.7. The minimum atomic E-state index is -0.229. The van der Waals surface area contributed by atoms with Gasteiger partial charge in [-0.05, 0) is 13.0 Å². The lowest BCUT2D eigenvalue weighted by Crippen LogP contribution is -2.28. The third-order valence-corrected chi connectivity index (χ3v) is 3.44. The summed E-state index contributed by atoms with van der Waals surface area (Å²) < 4.78 is 21.4. The number of methoxy groups -OCH3 is 2. The molecule has 2 aromatic rings. The van der Waals surface area contributed by atoms with Crippen LogP contribution < -0.4 is 24.3 Å². The molecular formula is C19H23NO5. The molecule has 2 rings (SSSR count). The van der Waals surface area contributed by atoms with Crippen molar-refractivity contribution in [3.05, 3.63) is 48.0 Å². The Morgan fingerprint density at radius 1 is 0.960 bits per heavy atom. The molecule has 0 fully saturated rings. The maximum Gasteiger partial charge on any atom is 0.258 e. The van der Waals surface area contributed by atoms with Crippen LogP contribution in [-0.2, 0) is 11.3 Å². The number of para-hydroxylation sites is 1. The second-order valence-corrected chi connectivity index (χ2v) is 5.15. The van der Waals surface area contributed by atoms with E-state index < -0.39 is 0 Å². The van der Waals surface area contributed by atoms with Crippen molar-refractivity contribution in [3.8, 4) is 23.0 Å². The van der Waals surface area contributed by atoms with Crippen LogP contribution in [0, 0.1) is 0 Å². The summed E-state index contributed by atoms with van der Waals surface area (Å²) in [7, 11) is 3.11. The third-order valence-electron chi connectivity index (χ3n) is 3.44. The molecule has 25 heavy (non-hydrogen) atoms. The first-order valence-electron chi connectivity index (χ1n) is 7.99. The number of carbonyl (C=O) groups is 1. The topological polar surface area (TPSA) is 66.0 Å². The van der Waals surface area contributed by atoms with Gasteiger partial charge in [-0.1, -0.05) is 18.2 Å². The molecule has 0 spiro atoms. The van der Waals surface area contributed by atoms with Gasteiger partial charge in [0.1, 0.15) is 23.0 Å². The summed E-state index contributed by atoms with van der Waals surface area (Å²) in [5, 5.41) is 2.82. The van der Waals surface area contributed by atoms with Gasteiger partial charge < -0.3 is 24.3 Å². The Morgan fingerprint density at radius 2 is 1.60 bits per heavy atom. The fraction of sp³-hybridized carbons (Fsp3) is 0.316. The van der Waals surface area contributed by atoms with Gasteiger partial charge >= 0.3 is 0 Å². The largest absolute Gasteiger partial charge is 0.496 e. The number of amides is 1. The molecule has 6 heteroatoms. The van der Waals surface area contributed by atoms with Crippen LogP contribution >= 0.6 is 0 Å². The fourth-order valence-electron chi connectivity index (χ4n) is 2.20. The van der Waals surface area contributed by atoms with Crippen molar-refractivity contribution in [2.24, 2.45) is 0 Å². The van der Waals surface area contributed by atoms with Gasteiger partial charge in [-0.3, -0.25) is 4.79 Å². The molecule has 1 amide bonds. The van der Waals surface area contributed by atoms with Gasteiger partial charge in [0.15, 0.2) is 6.61 Å². The number of carbonyl (C=O) groups excluding carboxylic acids is 1. The highest BCUT2D eigenvalue weighted by Crippen LogP contribution is 2.27. The molecule has 1 N–H and O–H groups in total. The van der Waals surface area contributed by atoms with Gasteiger partial charge in [0, 0.05) is 30.3 Å². The quantitative estimate of drug-likeness (QED) is 0.757. The normalized spacial score (nSPS) is 10.0. The van der Waals surface area contributed by atoms with E-state index >= 15 is 0 Å². The molecule has 0 heterocycles. The predicted octanol–water partition coefficient (Wildman–Crippen LogP) is 2.80. The fourth-order valence-corrected chi connectivity index (χ4v) is 2.20. The van der Waals surface area contributed by atoms with Crippen molar-refractivity contribution >= 4 is 5.91 Å². The Labute approximate surface area is 147 Å². The first kappa shape index (κ1) is 18.4. The standard InChI is InChI=1S/C19H23NO5/c1-4-24-18-8-6-5-7-14(18)12-20-19(21)13-25-17-10-15(22-2)9-16(11-17)23-3/h5-11H,4,12-13H2,1-3H3,(H,20,21). The maximum atomic E-state index is 12.0. The van der Waals surface area contributed by atoms with Crippen LogP contribution in [0.15, 0.2) is 42.5 Å². The average molecular weight is 345 g/mol. The molecule has 2 aromatic carbocycles. The van der Waals surface area contributed by atoms with Gasteiger partial charge in [-0.2, -0.15) is 0 Å². The molecule has 134 valence electrons. The van der Waals surface area contributed by atoms with Gasteiger partial charge in [0.05, 0.1) is 20.8 Å². The van der Waals surface area contributed by atoms with Crippen LogP contribution in [0.1, 0.15) is 12.5 Å². The molecule has 0 aliphatic rings. The summed E-state index contributed by atoms with van der Waals surface area (Å²) >= 11 is 0. The molecule has 0 bridgehead atoms. The monoisotopic (exact) mass is 345 g/mol. The maximum absolute atomic E-state index is 12.0. The SMILES string of the molecule is CCOc1ccccc1CNC(=O)COc1cc(OC)cc(OC)c1. The zero-order chi connectivity index (χ0) is 18.1. The van der Waals surface area contributed by atoms with Gasteiger partial charge in [-0.25, -0.2) is 0 Å². The first-order chi connectivity index (χ1) is 12.2. The van der Waals surface area contributed by atoms with Crippen LogP contribution in [0.5, 0.6) is 23.0 Å². The van der Waals surface area contributed by atoms with Crippen molar-refractivity contribution in [1.29, 1.82) is 0 Å². The zero-order valence-corrected chi connectivity index (χ0v) is 14.7. The molecule has 0 radical (unpaired) electrons. The summed E-state index contributed by atoms with van der Waals surface area (Å²) in [5.41, 5.74) is 0.917. The molecule has 0 aliphatic heterocycles. The van der Waals surface area contributed by atoms with Crippen molar-refractivity contribution in [1.82, 2.24) is 5.32 Å². The number of ether oxygens (including phenoxy) is 4. The number of hydrogen-bond donors (Lipinski definition) is 1. The van der Waals surface area contributed by atoms with Crippen LogP contribution in [0.25, 0.3) is 0 Å². The van der Waals surface area contributed by atoms with E-state index in [9.17, 15) is 4.79 Å². The van der Waals surface area contributed by atoms with E-state index in [1.807, 2.05) is 31.2 Å². The van der Waals surface area contributed by atoms with E-state index in [1.165, 1.54) is 0 Å². The van der Waals surface area contributed by atoms with E-state index in [1.54, 1.807) is 32.4 Å². The lowest BCUT2D eigenvalue weighted by molar-refractivity contribution is -0.123. The van der Waals surface area contributed by atoms with Crippen LogP contribution in [0.2, 0.25) is 0 Å². The first-order valence-corrected chi connectivity index (χ1v) is 7.99. The second-order valence-electron chi connectivity index (χ2n) is 5.15. The summed E-state index contributed by atoms with van der Waals surface area (Å²) in [6.07, 6.45) is 0. The molecule has 0 saturated heterocycles. The van der Waals surface area contributed by atoms with Crippen molar-refractivity contribution in [2.75, 3.05) is 27.4 Å². The smallest absolute Gasteiger partial charge is 0.258 e. The van der Waals surface area contributed by atoms with Crippen LogP contribution in [0.4, 0.5) is 0 Å².